The lowest BCUT2D eigenvalue weighted by atomic mass is 10.1. The normalized spacial score (nSPS) is 14.1. The molecule has 0 bridgehead atoms. The van der Waals surface area contributed by atoms with Gasteiger partial charge in [-0.1, -0.05) is 23.7 Å². The fourth-order valence-corrected chi connectivity index (χ4v) is 5.13. The summed E-state index contributed by atoms with van der Waals surface area (Å²) in [5, 5.41) is 15.7. The van der Waals surface area contributed by atoms with Crippen LogP contribution >= 0.6 is 22.9 Å². The van der Waals surface area contributed by atoms with Crippen molar-refractivity contribution < 1.29 is 5.11 Å². The van der Waals surface area contributed by atoms with Crippen molar-refractivity contribution in [2.75, 3.05) is 11.9 Å². The first-order valence-electron chi connectivity index (χ1n) is 9.59. The number of hydrogen-bond donors (Lipinski definition) is 2. The van der Waals surface area contributed by atoms with Crippen LogP contribution in [0.5, 0.6) is 0 Å². The Kier molecular flexibility index (Phi) is 4.91. The molecule has 4 aromatic rings. The largest absolute Gasteiger partial charge is 0.387 e. The molecule has 1 aliphatic rings. The number of thiophene rings is 1. The Hall–Kier alpha value is -2.54. The second-order valence-corrected chi connectivity index (χ2v) is 8.64. The van der Waals surface area contributed by atoms with E-state index in [2.05, 4.69) is 10.3 Å². The van der Waals surface area contributed by atoms with E-state index in [-0.39, 0.29) is 0 Å². The molecular weight excluding hydrogens is 404 g/mol. The van der Waals surface area contributed by atoms with E-state index < -0.39 is 6.10 Å². The van der Waals surface area contributed by atoms with Crippen LogP contribution in [-0.4, -0.2) is 26.6 Å². The molecule has 1 atom stereocenters. The maximum absolute atomic E-state index is 10.6. The number of aryl methyl sites for hydroxylation is 2. The number of aromatic nitrogens is 3. The van der Waals surface area contributed by atoms with Crippen LogP contribution in [0.25, 0.3) is 21.6 Å². The highest BCUT2D eigenvalue weighted by molar-refractivity contribution is 7.19. The number of anilines is 1. The van der Waals surface area contributed by atoms with E-state index in [4.69, 9.17) is 21.6 Å². The van der Waals surface area contributed by atoms with Crippen molar-refractivity contribution >= 4 is 39.0 Å². The Labute approximate surface area is 177 Å². The molecule has 0 spiro atoms. The first kappa shape index (κ1) is 18.5. The fraction of sp³-hybridized carbons (Fsp3) is 0.227. The molecule has 5 nitrogen and oxygen atoms in total. The molecular formula is C22H19ClN4OS. The first-order chi connectivity index (χ1) is 14.2. The van der Waals surface area contributed by atoms with Crippen LogP contribution in [0.3, 0.4) is 0 Å². The molecule has 2 N–H and O–H groups in total. The third kappa shape index (κ3) is 3.59. The SMILES string of the molecule is OC(CNc1nc(-c2cccnc2)nc2sc3c(c12)CCC3)c1ccc(Cl)cc1. The van der Waals surface area contributed by atoms with Gasteiger partial charge in [0.25, 0.3) is 0 Å². The van der Waals surface area contributed by atoms with E-state index in [0.717, 1.165) is 40.0 Å². The molecule has 1 unspecified atom stereocenters. The average Bonchev–Trinajstić information content (AvgIpc) is 3.34. The summed E-state index contributed by atoms with van der Waals surface area (Å²) in [7, 11) is 0. The Balaban J connectivity index is 1.51. The van der Waals surface area contributed by atoms with Gasteiger partial charge in [-0.2, -0.15) is 0 Å². The van der Waals surface area contributed by atoms with Gasteiger partial charge in [0.15, 0.2) is 5.82 Å². The number of rotatable bonds is 5. The van der Waals surface area contributed by atoms with Crippen molar-refractivity contribution in [1.82, 2.24) is 15.0 Å². The summed E-state index contributed by atoms with van der Waals surface area (Å²) in [6.07, 6.45) is 6.18. The van der Waals surface area contributed by atoms with Gasteiger partial charge in [-0.25, -0.2) is 9.97 Å². The minimum Gasteiger partial charge on any atom is -0.387 e. The second kappa shape index (κ2) is 7.71. The standard InChI is InChI=1S/C22H19ClN4OS/c23-15-8-6-13(7-9-15)17(28)12-25-21-19-16-4-1-5-18(16)29-22(19)27-20(26-21)14-3-2-10-24-11-14/h2-3,6-11,17,28H,1,4-5,12H2,(H,25,26,27). The van der Waals surface area contributed by atoms with Crippen LogP contribution in [0.1, 0.15) is 28.5 Å². The van der Waals surface area contributed by atoms with Gasteiger partial charge in [0.2, 0.25) is 0 Å². The van der Waals surface area contributed by atoms with E-state index >= 15 is 0 Å². The molecule has 3 aromatic heterocycles. The molecule has 146 valence electrons. The minimum absolute atomic E-state index is 0.352. The number of benzene rings is 1. The summed E-state index contributed by atoms with van der Waals surface area (Å²) in [4.78, 5) is 16.2. The van der Waals surface area contributed by atoms with Crippen LogP contribution in [0.4, 0.5) is 5.82 Å². The maximum Gasteiger partial charge on any atom is 0.164 e. The summed E-state index contributed by atoms with van der Waals surface area (Å²) in [5.41, 5.74) is 3.05. The van der Waals surface area contributed by atoms with Crippen molar-refractivity contribution in [3.63, 3.8) is 0 Å². The minimum atomic E-state index is -0.661. The average molecular weight is 423 g/mol. The van der Waals surface area contributed by atoms with Crippen LogP contribution in [0.15, 0.2) is 48.8 Å². The zero-order valence-electron chi connectivity index (χ0n) is 15.6. The molecule has 7 heteroatoms. The summed E-state index contributed by atoms with van der Waals surface area (Å²) in [5.74, 6) is 1.43. The number of fused-ring (bicyclic) bond motifs is 3. The Morgan fingerprint density at radius 1 is 1.14 bits per heavy atom. The highest BCUT2D eigenvalue weighted by atomic mass is 35.5. The molecule has 0 radical (unpaired) electrons. The number of nitrogens with zero attached hydrogens (tertiary/aromatic N) is 3. The van der Waals surface area contributed by atoms with Crippen molar-refractivity contribution in [3.05, 3.63) is 69.8 Å². The lowest BCUT2D eigenvalue weighted by Gasteiger charge is -2.14. The monoisotopic (exact) mass is 422 g/mol. The van der Waals surface area contributed by atoms with Crippen molar-refractivity contribution in [2.45, 2.75) is 25.4 Å². The van der Waals surface area contributed by atoms with E-state index in [1.54, 1.807) is 35.9 Å². The van der Waals surface area contributed by atoms with Crippen molar-refractivity contribution in [3.8, 4) is 11.4 Å². The van der Waals surface area contributed by atoms with E-state index in [1.807, 2.05) is 24.3 Å². The zero-order valence-corrected chi connectivity index (χ0v) is 17.2. The number of hydrogen-bond acceptors (Lipinski definition) is 6. The van der Waals surface area contributed by atoms with Crippen molar-refractivity contribution in [1.29, 1.82) is 0 Å². The molecule has 0 amide bonds. The van der Waals surface area contributed by atoms with Gasteiger partial charge in [-0.15, -0.1) is 11.3 Å². The Bertz CT molecular complexity index is 1160. The molecule has 0 fully saturated rings. The quantitative estimate of drug-likeness (QED) is 0.471. The van der Waals surface area contributed by atoms with Gasteiger partial charge in [0.05, 0.1) is 11.5 Å². The van der Waals surface area contributed by atoms with E-state index in [9.17, 15) is 5.11 Å². The number of halogens is 1. The van der Waals surface area contributed by atoms with Crippen LogP contribution in [0.2, 0.25) is 5.02 Å². The third-order valence-corrected chi connectivity index (χ3v) is 6.64. The highest BCUT2D eigenvalue weighted by Crippen LogP contribution is 2.40. The summed E-state index contributed by atoms with van der Waals surface area (Å²) in [6.45, 7) is 0.352. The topological polar surface area (TPSA) is 70.9 Å². The van der Waals surface area contributed by atoms with E-state index in [1.165, 1.54) is 16.9 Å². The smallest absolute Gasteiger partial charge is 0.164 e. The maximum atomic E-state index is 10.6. The molecule has 1 aromatic carbocycles. The highest BCUT2D eigenvalue weighted by Gasteiger charge is 2.23. The Morgan fingerprint density at radius 2 is 2.00 bits per heavy atom. The third-order valence-electron chi connectivity index (χ3n) is 5.20. The number of pyridine rings is 1. The number of aliphatic hydroxyl groups is 1. The molecule has 0 saturated carbocycles. The van der Waals surface area contributed by atoms with Gasteiger partial charge >= 0.3 is 0 Å². The molecule has 0 aliphatic heterocycles. The Morgan fingerprint density at radius 3 is 2.79 bits per heavy atom. The summed E-state index contributed by atoms with van der Waals surface area (Å²) < 4.78 is 0. The molecule has 1 aliphatic carbocycles. The molecule has 3 heterocycles. The van der Waals surface area contributed by atoms with Gasteiger partial charge in [-0.3, -0.25) is 4.98 Å². The van der Waals surface area contributed by atoms with Crippen LogP contribution in [-0.2, 0) is 12.8 Å². The van der Waals surface area contributed by atoms with Gasteiger partial charge in [-0.05, 0) is 54.7 Å². The zero-order chi connectivity index (χ0) is 19.8. The molecule has 29 heavy (non-hydrogen) atoms. The molecule has 5 rings (SSSR count). The fourth-order valence-electron chi connectivity index (χ4n) is 3.74. The molecule has 0 saturated heterocycles. The van der Waals surface area contributed by atoms with Gasteiger partial charge in [0.1, 0.15) is 10.6 Å². The predicted molar refractivity (Wildman–Crippen MR) is 118 cm³/mol. The number of nitrogens with one attached hydrogen (secondary N) is 1. The lowest BCUT2D eigenvalue weighted by Crippen LogP contribution is -2.13. The number of aliphatic hydroxyl groups excluding tert-OH is 1. The summed E-state index contributed by atoms with van der Waals surface area (Å²) in [6, 6.07) is 11.1. The first-order valence-corrected chi connectivity index (χ1v) is 10.8. The lowest BCUT2D eigenvalue weighted by molar-refractivity contribution is 0.191. The van der Waals surface area contributed by atoms with E-state index in [0.29, 0.717) is 17.4 Å². The predicted octanol–water partition coefficient (Wildman–Crippen LogP) is 5.04. The van der Waals surface area contributed by atoms with Gasteiger partial charge < -0.3 is 10.4 Å². The summed E-state index contributed by atoms with van der Waals surface area (Å²) >= 11 is 7.71. The van der Waals surface area contributed by atoms with Crippen molar-refractivity contribution in [2.24, 2.45) is 0 Å². The van der Waals surface area contributed by atoms with Crippen LogP contribution in [0, 0.1) is 0 Å². The van der Waals surface area contributed by atoms with Crippen LogP contribution < -0.4 is 5.32 Å². The van der Waals surface area contributed by atoms with Gasteiger partial charge in [0, 0.05) is 34.4 Å². The second-order valence-electron chi connectivity index (χ2n) is 7.12.